The SMILES string of the molecule is CCOc1cc2c(cc1/C=C\C(=O)Nc1ccc3ccn(CC(=O)NC)c3c1)O[C@H](C)C2. The number of amides is 2. The molecule has 32 heavy (non-hydrogen) atoms. The van der Waals surface area contributed by atoms with Gasteiger partial charge >= 0.3 is 0 Å². The van der Waals surface area contributed by atoms with E-state index >= 15 is 0 Å². The summed E-state index contributed by atoms with van der Waals surface area (Å²) in [6.07, 6.45) is 6.07. The summed E-state index contributed by atoms with van der Waals surface area (Å²) >= 11 is 0. The molecule has 3 aromatic rings. The van der Waals surface area contributed by atoms with Crippen LogP contribution in [0.2, 0.25) is 0 Å². The van der Waals surface area contributed by atoms with Crippen molar-refractivity contribution in [1.29, 1.82) is 0 Å². The van der Waals surface area contributed by atoms with Crippen molar-refractivity contribution in [3.8, 4) is 11.5 Å². The average Bonchev–Trinajstić information content (AvgIpc) is 3.33. The minimum absolute atomic E-state index is 0.0855. The van der Waals surface area contributed by atoms with Crippen molar-refractivity contribution in [3.63, 3.8) is 0 Å². The lowest BCUT2D eigenvalue weighted by molar-refractivity contribution is -0.121. The van der Waals surface area contributed by atoms with Gasteiger partial charge in [-0.2, -0.15) is 0 Å². The number of hydrogen-bond acceptors (Lipinski definition) is 4. The number of ether oxygens (including phenoxy) is 2. The number of carbonyl (C=O) groups is 2. The summed E-state index contributed by atoms with van der Waals surface area (Å²) in [5, 5.41) is 6.50. The summed E-state index contributed by atoms with van der Waals surface area (Å²) in [5.74, 6) is 1.23. The highest BCUT2D eigenvalue weighted by atomic mass is 16.5. The highest BCUT2D eigenvalue weighted by Crippen LogP contribution is 2.35. The number of hydrogen-bond donors (Lipinski definition) is 2. The molecule has 1 aromatic heterocycles. The van der Waals surface area contributed by atoms with Gasteiger partial charge in [0.05, 0.1) is 12.1 Å². The number of aromatic nitrogens is 1. The number of nitrogens with one attached hydrogen (secondary N) is 2. The van der Waals surface area contributed by atoms with Gasteiger partial charge in [0.25, 0.3) is 0 Å². The molecule has 0 aliphatic carbocycles. The average molecular weight is 434 g/mol. The number of nitrogens with zero attached hydrogens (tertiary/aromatic N) is 1. The zero-order valence-electron chi connectivity index (χ0n) is 18.5. The van der Waals surface area contributed by atoms with Crippen molar-refractivity contribution in [1.82, 2.24) is 9.88 Å². The Labute approximate surface area is 187 Å². The molecule has 166 valence electrons. The van der Waals surface area contributed by atoms with E-state index in [4.69, 9.17) is 9.47 Å². The highest BCUT2D eigenvalue weighted by molar-refractivity contribution is 6.03. The normalized spacial score (nSPS) is 14.9. The number of rotatable bonds is 7. The monoisotopic (exact) mass is 433 g/mol. The Balaban J connectivity index is 1.51. The van der Waals surface area contributed by atoms with Crippen LogP contribution >= 0.6 is 0 Å². The third-order valence-corrected chi connectivity index (χ3v) is 5.38. The van der Waals surface area contributed by atoms with Gasteiger partial charge in [-0.25, -0.2) is 0 Å². The molecule has 0 radical (unpaired) electrons. The molecule has 2 N–H and O–H groups in total. The van der Waals surface area contributed by atoms with E-state index in [1.165, 1.54) is 6.08 Å². The van der Waals surface area contributed by atoms with E-state index in [1.54, 1.807) is 13.1 Å². The van der Waals surface area contributed by atoms with Crippen LogP contribution in [0.25, 0.3) is 17.0 Å². The number of carbonyl (C=O) groups excluding carboxylic acids is 2. The van der Waals surface area contributed by atoms with E-state index < -0.39 is 0 Å². The third-order valence-electron chi connectivity index (χ3n) is 5.38. The lowest BCUT2D eigenvalue weighted by Gasteiger charge is -2.10. The van der Waals surface area contributed by atoms with E-state index in [1.807, 2.05) is 61.0 Å². The first-order valence-electron chi connectivity index (χ1n) is 10.7. The van der Waals surface area contributed by atoms with Gasteiger partial charge in [-0.1, -0.05) is 6.07 Å². The van der Waals surface area contributed by atoms with Crippen LogP contribution in [0, 0.1) is 0 Å². The van der Waals surface area contributed by atoms with E-state index in [0.29, 0.717) is 12.3 Å². The molecule has 2 aromatic carbocycles. The second-order valence-electron chi connectivity index (χ2n) is 7.78. The van der Waals surface area contributed by atoms with E-state index in [-0.39, 0.29) is 24.5 Å². The molecule has 0 saturated heterocycles. The van der Waals surface area contributed by atoms with Gasteiger partial charge in [0.1, 0.15) is 24.1 Å². The fourth-order valence-electron chi connectivity index (χ4n) is 3.85. The summed E-state index contributed by atoms with van der Waals surface area (Å²) in [6.45, 7) is 4.72. The van der Waals surface area contributed by atoms with Crippen molar-refractivity contribution >= 4 is 34.5 Å². The van der Waals surface area contributed by atoms with Gasteiger partial charge in [-0.15, -0.1) is 0 Å². The molecule has 4 rings (SSSR count). The Morgan fingerprint density at radius 2 is 2.09 bits per heavy atom. The standard InChI is InChI=1S/C25H27N3O4/c1-4-31-22-13-19-11-16(2)32-23(19)12-18(22)6-8-24(29)27-20-7-5-17-9-10-28(21(17)14-20)15-25(30)26-3/h5-10,12-14,16H,4,11,15H2,1-3H3,(H,26,30)(H,27,29)/b8-6-/t16-/m1/s1. The molecule has 0 bridgehead atoms. The van der Waals surface area contributed by atoms with Crippen LogP contribution in [-0.4, -0.2) is 36.1 Å². The Kier molecular flexibility index (Phi) is 6.16. The predicted octanol–water partition coefficient (Wildman–Crippen LogP) is 3.76. The summed E-state index contributed by atoms with van der Waals surface area (Å²) in [4.78, 5) is 24.3. The van der Waals surface area contributed by atoms with E-state index in [0.717, 1.165) is 39.9 Å². The summed E-state index contributed by atoms with van der Waals surface area (Å²) in [7, 11) is 1.61. The molecule has 2 heterocycles. The molecule has 1 aliphatic heterocycles. The molecular formula is C25H27N3O4. The van der Waals surface area contributed by atoms with Crippen LogP contribution in [0.5, 0.6) is 11.5 Å². The maximum atomic E-state index is 12.6. The second-order valence-corrected chi connectivity index (χ2v) is 7.78. The fraction of sp³-hybridized carbons (Fsp3) is 0.280. The van der Waals surface area contributed by atoms with Crippen molar-refractivity contribution in [2.45, 2.75) is 32.9 Å². The molecule has 7 heteroatoms. The van der Waals surface area contributed by atoms with Crippen LogP contribution in [-0.2, 0) is 22.6 Å². The van der Waals surface area contributed by atoms with Gasteiger partial charge in [0, 0.05) is 42.6 Å². The Bertz CT molecular complexity index is 1200. The number of fused-ring (bicyclic) bond motifs is 2. The van der Waals surface area contributed by atoms with Crippen LogP contribution in [0.15, 0.2) is 48.7 Å². The van der Waals surface area contributed by atoms with Gasteiger partial charge in [-0.3, -0.25) is 9.59 Å². The van der Waals surface area contributed by atoms with Crippen molar-refractivity contribution in [2.24, 2.45) is 0 Å². The van der Waals surface area contributed by atoms with Crippen molar-refractivity contribution in [3.05, 3.63) is 59.8 Å². The fourth-order valence-corrected chi connectivity index (χ4v) is 3.85. The van der Waals surface area contributed by atoms with Crippen LogP contribution in [0.4, 0.5) is 5.69 Å². The van der Waals surface area contributed by atoms with Gasteiger partial charge < -0.3 is 24.7 Å². The summed E-state index contributed by atoms with van der Waals surface area (Å²) < 4.78 is 13.5. The zero-order valence-corrected chi connectivity index (χ0v) is 18.5. The summed E-state index contributed by atoms with van der Waals surface area (Å²) in [5.41, 5.74) is 3.44. The molecule has 0 saturated carbocycles. The lowest BCUT2D eigenvalue weighted by Crippen LogP contribution is -2.23. The Morgan fingerprint density at radius 1 is 1.25 bits per heavy atom. The van der Waals surface area contributed by atoms with Crippen molar-refractivity contribution < 1.29 is 19.1 Å². The Morgan fingerprint density at radius 3 is 2.88 bits per heavy atom. The van der Waals surface area contributed by atoms with Crippen molar-refractivity contribution in [2.75, 3.05) is 19.0 Å². The largest absolute Gasteiger partial charge is 0.493 e. The number of benzene rings is 2. The van der Waals surface area contributed by atoms with Crippen LogP contribution in [0.1, 0.15) is 25.0 Å². The van der Waals surface area contributed by atoms with Crippen LogP contribution in [0.3, 0.4) is 0 Å². The number of likely N-dealkylation sites (N-methyl/N-ethyl adjacent to an activating group) is 1. The molecule has 0 fully saturated rings. The molecule has 0 spiro atoms. The smallest absolute Gasteiger partial charge is 0.248 e. The first-order chi connectivity index (χ1) is 15.5. The first kappa shape index (κ1) is 21.5. The van der Waals surface area contributed by atoms with Crippen LogP contribution < -0.4 is 20.1 Å². The summed E-state index contributed by atoms with van der Waals surface area (Å²) in [6, 6.07) is 11.5. The molecule has 1 atom stereocenters. The van der Waals surface area contributed by atoms with E-state index in [9.17, 15) is 9.59 Å². The molecular weight excluding hydrogens is 406 g/mol. The minimum atomic E-state index is -0.258. The molecule has 7 nitrogen and oxygen atoms in total. The van der Waals surface area contributed by atoms with Gasteiger partial charge in [0.15, 0.2) is 0 Å². The molecule has 1 aliphatic rings. The van der Waals surface area contributed by atoms with Gasteiger partial charge in [-0.05, 0) is 55.6 Å². The quantitative estimate of drug-likeness (QED) is 0.556. The first-order valence-corrected chi connectivity index (χ1v) is 10.7. The molecule has 0 unspecified atom stereocenters. The maximum absolute atomic E-state index is 12.6. The lowest BCUT2D eigenvalue weighted by atomic mass is 10.1. The zero-order chi connectivity index (χ0) is 22.7. The van der Waals surface area contributed by atoms with Gasteiger partial charge in [0.2, 0.25) is 11.8 Å². The third kappa shape index (κ3) is 4.61. The second kappa shape index (κ2) is 9.18. The Hall–Kier alpha value is -3.74. The van der Waals surface area contributed by atoms with E-state index in [2.05, 4.69) is 10.6 Å². The maximum Gasteiger partial charge on any atom is 0.248 e. The topological polar surface area (TPSA) is 81.6 Å². The highest BCUT2D eigenvalue weighted by Gasteiger charge is 2.21. The predicted molar refractivity (Wildman–Crippen MR) is 125 cm³/mol. The minimum Gasteiger partial charge on any atom is -0.493 e. The molecule has 2 amide bonds. The number of anilines is 1.